The molecule has 7 nitrogen and oxygen atoms in total. The molecule has 1 aromatic carbocycles. The molecular formula is C18H18FN5O2S2. The Bertz CT molecular complexity index is 1030. The van der Waals surface area contributed by atoms with Gasteiger partial charge in [0, 0.05) is 13.1 Å². The molecule has 146 valence electrons. The molecule has 2 amide bonds. The van der Waals surface area contributed by atoms with E-state index in [2.05, 4.69) is 20.8 Å². The van der Waals surface area contributed by atoms with Crippen molar-refractivity contribution < 1.29 is 14.0 Å². The van der Waals surface area contributed by atoms with Crippen molar-refractivity contribution in [1.29, 1.82) is 0 Å². The van der Waals surface area contributed by atoms with E-state index in [0.29, 0.717) is 10.6 Å². The summed E-state index contributed by atoms with van der Waals surface area (Å²) in [7, 11) is 0. The van der Waals surface area contributed by atoms with Crippen LogP contribution in [0.1, 0.15) is 23.3 Å². The Hall–Kier alpha value is -2.85. The summed E-state index contributed by atoms with van der Waals surface area (Å²) in [6.45, 7) is 2.08. The molecule has 2 heterocycles. The second-order valence-electron chi connectivity index (χ2n) is 5.90. The molecule has 3 N–H and O–H groups in total. The van der Waals surface area contributed by atoms with Gasteiger partial charge < -0.3 is 10.6 Å². The molecule has 0 fully saturated rings. The Kier molecular flexibility index (Phi) is 6.32. The maximum Gasteiger partial charge on any atom is 0.254 e. The van der Waals surface area contributed by atoms with Crippen molar-refractivity contribution in [1.82, 2.24) is 25.4 Å². The summed E-state index contributed by atoms with van der Waals surface area (Å²) in [4.78, 5) is 25.3. The van der Waals surface area contributed by atoms with Gasteiger partial charge in [0.1, 0.15) is 11.9 Å². The number of carbonyl (C=O) groups excluding carboxylic acids is 2. The summed E-state index contributed by atoms with van der Waals surface area (Å²) < 4.78 is 15.6. The van der Waals surface area contributed by atoms with Gasteiger partial charge in [-0.1, -0.05) is 18.2 Å². The third kappa shape index (κ3) is 4.34. The van der Waals surface area contributed by atoms with E-state index in [-0.39, 0.29) is 24.6 Å². The minimum Gasteiger partial charge on any atom is -0.353 e. The molecule has 3 rings (SSSR count). The second kappa shape index (κ2) is 8.89. The van der Waals surface area contributed by atoms with Gasteiger partial charge in [0.15, 0.2) is 10.6 Å². The fourth-order valence-electron chi connectivity index (χ4n) is 2.61. The summed E-state index contributed by atoms with van der Waals surface area (Å²) in [6, 6.07) is 8.92. The molecular weight excluding hydrogens is 401 g/mol. The normalized spacial score (nSPS) is 11.8. The van der Waals surface area contributed by atoms with Crippen molar-refractivity contribution in [2.45, 2.75) is 13.0 Å². The number of rotatable bonds is 7. The first kappa shape index (κ1) is 19.9. The quantitative estimate of drug-likeness (QED) is 0.406. The van der Waals surface area contributed by atoms with Crippen LogP contribution >= 0.6 is 23.6 Å². The van der Waals surface area contributed by atoms with Gasteiger partial charge in [-0.2, -0.15) is 5.10 Å². The van der Waals surface area contributed by atoms with Gasteiger partial charge in [0.2, 0.25) is 5.91 Å². The summed E-state index contributed by atoms with van der Waals surface area (Å²) in [5.41, 5.74) is -0.0347. The third-order valence-corrected chi connectivity index (χ3v) is 5.19. The first-order valence-corrected chi connectivity index (χ1v) is 9.79. The second-order valence-corrected chi connectivity index (χ2v) is 7.24. The predicted molar refractivity (Wildman–Crippen MR) is 107 cm³/mol. The summed E-state index contributed by atoms with van der Waals surface area (Å²) >= 11 is 6.75. The van der Waals surface area contributed by atoms with Crippen LogP contribution in [-0.2, 0) is 4.79 Å². The topological polar surface area (TPSA) is 91.8 Å². The van der Waals surface area contributed by atoms with Crippen molar-refractivity contribution in [2.24, 2.45) is 0 Å². The molecule has 10 heteroatoms. The average Bonchev–Trinajstić information content (AvgIpc) is 3.34. The first-order valence-electron chi connectivity index (χ1n) is 8.50. The largest absolute Gasteiger partial charge is 0.353 e. The van der Waals surface area contributed by atoms with Crippen LogP contribution < -0.4 is 10.6 Å². The van der Waals surface area contributed by atoms with Crippen LogP contribution in [0.2, 0.25) is 0 Å². The fraction of sp³-hybridized carbons (Fsp3) is 0.222. The number of H-pyrrole nitrogens is 1. The van der Waals surface area contributed by atoms with E-state index in [0.717, 1.165) is 4.88 Å². The smallest absolute Gasteiger partial charge is 0.254 e. The Morgan fingerprint density at radius 1 is 1.25 bits per heavy atom. The highest BCUT2D eigenvalue weighted by Crippen LogP contribution is 2.25. The molecule has 0 aliphatic rings. The molecule has 1 unspecified atom stereocenters. The number of thiophene rings is 1. The van der Waals surface area contributed by atoms with E-state index in [9.17, 15) is 14.0 Å². The lowest BCUT2D eigenvalue weighted by atomic mass is 10.2. The lowest BCUT2D eigenvalue weighted by Gasteiger charge is -2.15. The molecule has 0 saturated heterocycles. The molecule has 0 bridgehead atoms. The zero-order valence-corrected chi connectivity index (χ0v) is 16.6. The van der Waals surface area contributed by atoms with Crippen LogP contribution in [0, 0.1) is 10.6 Å². The van der Waals surface area contributed by atoms with E-state index >= 15 is 0 Å². The molecule has 28 heavy (non-hydrogen) atoms. The Balaban J connectivity index is 1.56. The van der Waals surface area contributed by atoms with Gasteiger partial charge in [-0.3, -0.25) is 19.3 Å². The van der Waals surface area contributed by atoms with Crippen LogP contribution in [0.3, 0.4) is 0 Å². The van der Waals surface area contributed by atoms with E-state index in [4.69, 9.17) is 12.2 Å². The molecule has 0 radical (unpaired) electrons. The summed E-state index contributed by atoms with van der Waals surface area (Å²) in [5, 5.41) is 14.2. The maximum absolute atomic E-state index is 13.6. The van der Waals surface area contributed by atoms with Gasteiger partial charge in [-0.15, -0.1) is 11.3 Å². The average molecular weight is 420 g/mol. The van der Waals surface area contributed by atoms with Gasteiger partial charge in [0.05, 0.1) is 10.4 Å². The number of hydrogen-bond donors (Lipinski definition) is 3. The Labute approximate surface area is 169 Å². The van der Waals surface area contributed by atoms with E-state index < -0.39 is 17.8 Å². The van der Waals surface area contributed by atoms with Crippen LogP contribution in [0.25, 0.3) is 10.7 Å². The predicted octanol–water partition coefficient (Wildman–Crippen LogP) is 2.92. The van der Waals surface area contributed by atoms with Crippen molar-refractivity contribution in [3.05, 3.63) is 57.9 Å². The van der Waals surface area contributed by atoms with Crippen molar-refractivity contribution >= 4 is 35.4 Å². The van der Waals surface area contributed by atoms with Crippen molar-refractivity contribution in [2.75, 3.05) is 13.1 Å². The summed E-state index contributed by atoms with van der Waals surface area (Å²) in [5.74, 6) is -0.795. The highest BCUT2D eigenvalue weighted by atomic mass is 32.1. The molecule has 0 aliphatic carbocycles. The number of aromatic nitrogens is 3. The maximum atomic E-state index is 13.6. The monoisotopic (exact) mass is 419 g/mol. The van der Waals surface area contributed by atoms with Crippen molar-refractivity contribution in [3.8, 4) is 10.7 Å². The Morgan fingerprint density at radius 2 is 2.00 bits per heavy atom. The molecule has 0 saturated carbocycles. The molecule has 1 atom stereocenters. The minimum absolute atomic E-state index is 0.0347. The number of nitrogens with one attached hydrogen (secondary N) is 3. The molecule has 0 spiro atoms. The van der Waals surface area contributed by atoms with Crippen LogP contribution in [0.5, 0.6) is 0 Å². The molecule has 2 aromatic heterocycles. The van der Waals surface area contributed by atoms with Gasteiger partial charge in [-0.25, -0.2) is 4.39 Å². The van der Waals surface area contributed by atoms with E-state index in [1.54, 1.807) is 17.6 Å². The van der Waals surface area contributed by atoms with Crippen LogP contribution in [0.15, 0.2) is 41.8 Å². The number of benzene rings is 1. The molecule has 0 aliphatic heterocycles. The third-order valence-electron chi connectivity index (χ3n) is 4.04. The highest BCUT2D eigenvalue weighted by Gasteiger charge is 2.21. The number of halogens is 1. The lowest BCUT2D eigenvalue weighted by molar-refractivity contribution is -0.123. The first-order chi connectivity index (χ1) is 13.5. The van der Waals surface area contributed by atoms with E-state index in [1.807, 2.05) is 17.5 Å². The number of amides is 2. The number of carbonyl (C=O) groups is 2. The van der Waals surface area contributed by atoms with Crippen LogP contribution in [-0.4, -0.2) is 39.7 Å². The molecule has 3 aromatic rings. The zero-order valence-electron chi connectivity index (χ0n) is 14.9. The standard InChI is InChI=1S/C18H18FN5O2S2/c1-11(24-15(22-23-18(24)27)14-7-4-10-28-14)16(25)20-8-9-21-17(26)12-5-2-3-6-13(12)19/h2-7,10-11H,8-9H2,1H3,(H,20,25)(H,21,26)(H,23,27). The minimum atomic E-state index is -0.592. The van der Waals surface area contributed by atoms with E-state index in [1.165, 1.54) is 29.5 Å². The van der Waals surface area contributed by atoms with Gasteiger partial charge in [0.25, 0.3) is 5.91 Å². The zero-order chi connectivity index (χ0) is 20.1. The highest BCUT2D eigenvalue weighted by molar-refractivity contribution is 7.71. The SMILES string of the molecule is CC(C(=O)NCCNC(=O)c1ccccc1F)n1c(-c2cccs2)n[nH]c1=S. The van der Waals surface area contributed by atoms with Gasteiger partial charge >= 0.3 is 0 Å². The number of nitrogens with zero attached hydrogens (tertiary/aromatic N) is 2. The number of hydrogen-bond acceptors (Lipinski definition) is 5. The number of aromatic amines is 1. The summed E-state index contributed by atoms with van der Waals surface area (Å²) in [6.07, 6.45) is 0. The van der Waals surface area contributed by atoms with Gasteiger partial charge in [-0.05, 0) is 42.7 Å². The van der Waals surface area contributed by atoms with Crippen molar-refractivity contribution in [3.63, 3.8) is 0 Å². The Morgan fingerprint density at radius 3 is 2.71 bits per heavy atom. The van der Waals surface area contributed by atoms with Crippen LogP contribution in [0.4, 0.5) is 4.39 Å². The lowest BCUT2D eigenvalue weighted by Crippen LogP contribution is -2.38. The fourth-order valence-corrected chi connectivity index (χ4v) is 3.61.